The average Bonchev–Trinajstić information content (AvgIpc) is 3.09. The van der Waals surface area contributed by atoms with Gasteiger partial charge in [0.1, 0.15) is 5.82 Å². The van der Waals surface area contributed by atoms with Crippen LogP contribution in [0.3, 0.4) is 0 Å². The van der Waals surface area contributed by atoms with Gasteiger partial charge in [-0.25, -0.2) is 4.98 Å². The molecule has 0 fully saturated rings. The molecule has 1 heterocycles. The maximum atomic E-state index is 4.89. The predicted octanol–water partition coefficient (Wildman–Crippen LogP) is 5.21. The minimum atomic E-state index is 0.954. The molecule has 0 unspecified atom stereocenters. The van der Waals surface area contributed by atoms with Crippen LogP contribution in [0.2, 0.25) is 0 Å². The zero-order valence-corrected chi connectivity index (χ0v) is 12.6. The molecule has 0 N–H and O–H groups in total. The minimum Gasteiger partial charge on any atom is -0.299 e. The molecule has 0 saturated heterocycles. The fourth-order valence-corrected chi connectivity index (χ4v) is 2.70. The molecule has 110 valence electrons. The summed E-state index contributed by atoms with van der Waals surface area (Å²) in [7, 11) is 0. The minimum absolute atomic E-state index is 0.954. The SMILES string of the molecule is c1ccc(-c2cn(-c3ccccc3)c(-c3ccccc3)n2)cc1. The Balaban J connectivity index is 1.91. The van der Waals surface area contributed by atoms with Gasteiger partial charge in [0.2, 0.25) is 0 Å². The Kier molecular flexibility index (Phi) is 3.49. The molecule has 2 heteroatoms. The van der Waals surface area contributed by atoms with Crippen LogP contribution in [0.4, 0.5) is 0 Å². The summed E-state index contributed by atoms with van der Waals surface area (Å²) in [4.78, 5) is 4.89. The topological polar surface area (TPSA) is 17.8 Å². The van der Waals surface area contributed by atoms with Crippen LogP contribution in [-0.4, -0.2) is 9.55 Å². The quantitative estimate of drug-likeness (QED) is 0.507. The molecule has 4 aromatic rings. The van der Waals surface area contributed by atoms with Gasteiger partial charge < -0.3 is 0 Å². The lowest BCUT2D eigenvalue weighted by molar-refractivity contribution is 1.07. The molecule has 0 amide bonds. The number of hydrogen-bond acceptors (Lipinski definition) is 1. The Bertz CT molecular complexity index is 838. The summed E-state index contributed by atoms with van der Waals surface area (Å²) >= 11 is 0. The van der Waals surface area contributed by atoms with Crippen molar-refractivity contribution in [3.05, 3.63) is 97.2 Å². The Morgan fingerprint density at radius 1 is 0.565 bits per heavy atom. The van der Waals surface area contributed by atoms with Gasteiger partial charge in [-0.2, -0.15) is 0 Å². The highest BCUT2D eigenvalue weighted by atomic mass is 15.1. The number of imidazole rings is 1. The van der Waals surface area contributed by atoms with Crippen molar-refractivity contribution in [3.63, 3.8) is 0 Å². The standard InChI is InChI=1S/C21H16N2/c1-4-10-17(11-5-1)20-16-23(19-14-8-3-9-15-19)21(22-20)18-12-6-2-7-13-18/h1-16H. The van der Waals surface area contributed by atoms with Crippen LogP contribution in [-0.2, 0) is 0 Å². The fourth-order valence-electron chi connectivity index (χ4n) is 2.70. The van der Waals surface area contributed by atoms with E-state index in [1.165, 1.54) is 0 Å². The molecule has 0 spiro atoms. The van der Waals surface area contributed by atoms with Crippen molar-refractivity contribution >= 4 is 0 Å². The van der Waals surface area contributed by atoms with E-state index in [4.69, 9.17) is 4.98 Å². The zero-order chi connectivity index (χ0) is 15.5. The van der Waals surface area contributed by atoms with Crippen LogP contribution in [0.15, 0.2) is 97.2 Å². The van der Waals surface area contributed by atoms with Crippen molar-refractivity contribution in [3.8, 4) is 28.3 Å². The predicted molar refractivity (Wildman–Crippen MR) is 94.4 cm³/mol. The van der Waals surface area contributed by atoms with Crippen molar-refractivity contribution in [2.24, 2.45) is 0 Å². The molecule has 0 radical (unpaired) electrons. The summed E-state index contributed by atoms with van der Waals surface area (Å²) in [6.07, 6.45) is 2.10. The first-order valence-electron chi connectivity index (χ1n) is 7.67. The van der Waals surface area contributed by atoms with E-state index in [2.05, 4.69) is 47.2 Å². The van der Waals surface area contributed by atoms with Crippen LogP contribution in [0.1, 0.15) is 0 Å². The molecule has 0 aliphatic rings. The lowest BCUT2D eigenvalue weighted by Crippen LogP contribution is -1.95. The molecule has 2 nitrogen and oxygen atoms in total. The molecule has 0 bridgehead atoms. The molecule has 0 saturated carbocycles. The van der Waals surface area contributed by atoms with E-state index in [0.29, 0.717) is 0 Å². The van der Waals surface area contributed by atoms with Crippen LogP contribution in [0, 0.1) is 0 Å². The first-order chi connectivity index (χ1) is 11.4. The highest BCUT2D eigenvalue weighted by molar-refractivity contribution is 5.67. The number of rotatable bonds is 3. The normalized spacial score (nSPS) is 10.6. The van der Waals surface area contributed by atoms with Crippen LogP contribution < -0.4 is 0 Å². The van der Waals surface area contributed by atoms with Crippen LogP contribution in [0.5, 0.6) is 0 Å². The van der Waals surface area contributed by atoms with Gasteiger partial charge in [-0.15, -0.1) is 0 Å². The lowest BCUT2D eigenvalue weighted by Gasteiger charge is -2.07. The number of aromatic nitrogens is 2. The lowest BCUT2D eigenvalue weighted by atomic mass is 10.2. The first-order valence-corrected chi connectivity index (χ1v) is 7.67. The third kappa shape index (κ3) is 2.67. The molecule has 0 atom stereocenters. The van der Waals surface area contributed by atoms with Crippen molar-refractivity contribution in [1.29, 1.82) is 0 Å². The van der Waals surface area contributed by atoms with E-state index >= 15 is 0 Å². The third-order valence-electron chi connectivity index (χ3n) is 3.84. The summed E-state index contributed by atoms with van der Waals surface area (Å²) in [5.74, 6) is 0.954. The molecule has 4 rings (SSSR count). The van der Waals surface area contributed by atoms with Gasteiger partial charge in [0.25, 0.3) is 0 Å². The number of para-hydroxylation sites is 1. The molecule has 23 heavy (non-hydrogen) atoms. The number of benzene rings is 3. The average molecular weight is 296 g/mol. The highest BCUT2D eigenvalue weighted by Gasteiger charge is 2.12. The van der Waals surface area contributed by atoms with Gasteiger partial charge in [0.05, 0.1) is 5.69 Å². The maximum absolute atomic E-state index is 4.89. The fraction of sp³-hybridized carbons (Fsp3) is 0. The summed E-state index contributed by atoms with van der Waals surface area (Å²) in [5, 5.41) is 0. The van der Waals surface area contributed by atoms with E-state index in [1.807, 2.05) is 54.6 Å². The molecule has 1 aromatic heterocycles. The molecule has 0 aliphatic heterocycles. The van der Waals surface area contributed by atoms with Gasteiger partial charge in [-0.05, 0) is 12.1 Å². The van der Waals surface area contributed by atoms with E-state index < -0.39 is 0 Å². The molecule has 0 aliphatic carbocycles. The molecular formula is C21H16N2. The second-order valence-corrected chi connectivity index (χ2v) is 5.39. The van der Waals surface area contributed by atoms with Crippen molar-refractivity contribution in [2.75, 3.05) is 0 Å². The van der Waals surface area contributed by atoms with Crippen molar-refractivity contribution in [1.82, 2.24) is 9.55 Å². The second-order valence-electron chi connectivity index (χ2n) is 5.39. The number of nitrogens with zero attached hydrogens (tertiary/aromatic N) is 2. The first kappa shape index (κ1) is 13.5. The van der Waals surface area contributed by atoms with Gasteiger partial charge in [0.15, 0.2) is 0 Å². The summed E-state index contributed by atoms with van der Waals surface area (Å²) in [6.45, 7) is 0. The van der Waals surface area contributed by atoms with E-state index in [9.17, 15) is 0 Å². The summed E-state index contributed by atoms with van der Waals surface area (Å²) in [6, 6.07) is 30.9. The van der Waals surface area contributed by atoms with E-state index in [0.717, 1.165) is 28.3 Å². The maximum Gasteiger partial charge on any atom is 0.145 e. The summed E-state index contributed by atoms with van der Waals surface area (Å²) < 4.78 is 2.15. The number of hydrogen-bond donors (Lipinski definition) is 0. The third-order valence-corrected chi connectivity index (χ3v) is 3.84. The Labute approximate surface area is 135 Å². The highest BCUT2D eigenvalue weighted by Crippen LogP contribution is 2.27. The van der Waals surface area contributed by atoms with Crippen molar-refractivity contribution < 1.29 is 0 Å². The second kappa shape index (κ2) is 5.93. The van der Waals surface area contributed by atoms with E-state index in [-0.39, 0.29) is 0 Å². The van der Waals surface area contributed by atoms with Crippen LogP contribution in [0.25, 0.3) is 28.3 Å². The zero-order valence-electron chi connectivity index (χ0n) is 12.6. The Morgan fingerprint density at radius 2 is 1.09 bits per heavy atom. The molecular weight excluding hydrogens is 280 g/mol. The smallest absolute Gasteiger partial charge is 0.145 e. The van der Waals surface area contributed by atoms with Crippen molar-refractivity contribution in [2.45, 2.75) is 0 Å². The van der Waals surface area contributed by atoms with Crippen LogP contribution >= 0.6 is 0 Å². The van der Waals surface area contributed by atoms with Gasteiger partial charge in [0, 0.05) is 23.0 Å². The summed E-state index contributed by atoms with van der Waals surface area (Å²) in [5.41, 5.74) is 4.33. The monoisotopic (exact) mass is 296 g/mol. The van der Waals surface area contributed by atoms with E-state index in [1.54, 1.807) is 0 Å². The largest absolute Gasteiger partial charge is 0.299 e. The Hall–Kier alpha value is -3.13. The van der Waals surface area contributed by atoms with Gasteiger partial charge >= 0.3 is 0 Å². The van der Waals surface area contributed by atoms with Gasteiger partial charge in [-0.1, -0.05) is 78.9 Å². The molecule has 3 aromatic carbocycles. The van der Waals surface area contributed by atoms with Gasteiger partial charge in [-0.3, -0.25) is 4.57 Å². The Morgan fingerprint density at radius 3 is 1.70 bits per heavy atom.